The summed E-state index contributed by atoms with van der Waals surface area (Å²) >= 11 is 0. The molecule has 7 rings (SSSR count). The van der Waals surface area contributed by atoms with Crippen LogP contribution in [0.1, 0.15) is 162 Å². The number of alkyl halides is 3. The number of likely N-dealkylation sites (N-methyl/N-ethyl adjacent to an activating group) is 2. The highest BCUT2D eigenvalue weighted by atomic mass is 19.3. The van der Waals surface area contributed by atoms with E-state index >= 15 is 0 Å². The zero-order chi connectivity index (χ0) is 49.7. The summed E-state index contributed by atoms with van der Waals surface area (Å²) in [5.41, 5.74) is -0.899. The fraction of sp³-hybridized carbons (Fsp3) is 1.00. The van der Waals surface area contributed by atoms with Crippen molar-refractivity contribution >= 4 is 0 Å². The lowest BCUT2D eigenvalue weighted by atomic mass is 9.97. The molecule has 0 radical (unpaired) electrons. The van der Waals surface area contributed by atoms with Crippen LogP contribution in [0.5, 0.6) is 0 Å². The highest BCUT2D eigenvalue weighted by Crippen LogP contribution is 2.28. The van der Waals surface area contributed by atoms with E-state index in [0.29, 0.717) is 25.7 Å². The third-order valence-electron chi connectivity index (χ3n) is 14.6. The maximum atomic E-state index is 12.8. The molecule has 7 fully saturated rings. The second kappa shape index (κ2) is 31.6. The molecule has 0 aromatic carbocycles. The Balaban J connectivity index is 0.000000381. The van der Waals surface area contributed by atoms with E-state index in [1.54, 1.807) is 11.8 Å². The molecule has 0 amide bonds. The maximum Gasteiger partial charge on any atom is 0.261 e. The van der Waals surface area contributed by atoms with Crippen molar-refractivity contribution in [3.63, 3.8) is 0 Å². The number of hydrogen-bond acceptors (Lipinski definition) is 9. The highest BCUT2D eigenvalue weighted by Gasteiger charge is 2.40. The zero-order valence-electron chi connectivity index (χ0n) is 46.6. The smallest absolute Gasteiger partial charge is 0.261 e. The number of hydrogen-bond donors (Lipinski definition) is 0. The molecule has 2 unspecified atom stereocenters. The summed E-state index contributed by atoms with van der Waals surface area (Å²) in [6.07, 6.45) is 11.2. The van der Waals surface area contributed by atoms with Crippen LogP contribution in [-0.2, 0) is 0 Å². The summed E-state index contributed by atoms with van der Waals surface area (Å²) in [4.78, 5) is 21.3. The summed E-state index contributed by atoms with van der Waals surface area (Å²) in [6.45, 7) is 47.2. The van der Waals surface area contributed by atoms with Crippen molar-refractivity contribution in [2.24, 2.45) is 0 Å². The molecule has 0 aromatic rings. The van der Waals surface area contributed by atoms with Crippen molar-refractivity contribution in [2.45, 2.75) is 228 Å². The summed E-state index contributed by atoms with van der Waals surface area (Å²) in [5, 5.41) is 0. The Morgan fingerprint density at radius 3 is 0.831 bits per heavy atom. The van der Waals surface area contributed by atoms with Gasteiger partial charge in [0.25, 0.3) is 5.92 Å². The Kier molecular flexibility index (Phi) is 30.4. The summed E-state index contributed by atoms with van der Waals surface area (Å²) in [5.74, 6) is -2.43. The van der Waals surface area contributed by atoms with Gasteiger partial charge in [0.05, 0.1) is 6.54 Å². The molecule has 0 saturated carbocycles. The van der Waals surface area contributed by atoms with E-state index in [9.17, 15) is 13.2 Å². The normalized spacial score (nSPS) is 25.3. The first-order valence-electron chi connectivity index (χ1n) is 26.7. The van der Waals surface area contributed by atoms with Gasteiger partial charge in [-0.3, -0.25) is 19.6 Å². The predicted molar refractivity (Wildman–Crippen MR) is 278 cm³/mol. The zero-order valence-corrected chi connectivity index (χ0v) is 46.6. The van der Waals surface area contributed by atoms with Gasteiger partial charge in [-0.05, 0) is 216 Å². The van der Waals surface area contributed by atoms with Crippen molar-refractivity contribution in [1.82, 2.24) is 44.1 Å². The topological polar surface area (TPSA) is 29.2 Å². The number of likely N-dealkylation sites (tertiary alicyclic amines) is 7. The van der Waals surface area contributed by atoms with Crippen molar-refractivity contribution in [2.75, 3.05) is 120 Å². The lowest BCUT2D eigenvalue weighted by Gasteiger charge is -2.44. The van der Waals surface area contributed by atoms with Crippen molar-refractivity contribution in [3.05, 3.63) is 0 Å². The number of rotatable bonds is 9. The second-order valence-electron chi connectivity index (χ2n) is 23.1. The minimum atomic E-state index is -2.43. The van der Waals surface area contributed by atoms with E-state index in [-0.39, 0.29) is 19.0 Å². The monoisotopic (exact) mass is 932 g/mol. The molecule has 65 heavy (non-hydrogen) atoms. The Morgan fingerprint density at radius 1 is 0.369 bits per heavy atom. The van der Waals surface area contributed by atoms with Crippen LogP contribution < -0.4 is 0 Å². The number of piperidine rings is 1. The van der Waals surface area contributed by atoms with Gasteiger partial charge in [-0.15, -0.1) is 0 Å². The molecule has 0 aromatic heterocycles. The molecule has 7 saturated heterocycles. The molecule has 0 aliphatic carbocycles. The Morgan fingerprint density at radius 2 is 0.677 bits per heavy atom. The molecule has 390 valence electrons. The van der Waals surface area contributed by atoms with Crippen molar-refractivity contribution in [1.29, 1.82) is 0 Å². The third-order valence-corrected chi connectivity index (χ3v) is 14.6. The van der Waals surface area contributed by atoms with Crippen LogP contribution in [0.4, 0.5) is 13.2 Å². The van der Waals surface area contributed by atoms with Crippen molar-refractivity contribution < 1.29 is 13.2 Å². The van der Waals surface area contributed by atoms with Gasteiger partial charge in [-0.1, -0.05) is 6.42 Å². The van der Waals surface area contributed by atoms with Gasteiger partial charge in [-0.2, -0.15) is 0 Å². The van der Waals surface area contributed by atoms with Crippen LogP contribution in [-0.4, -0.2) is 230 Å². The minimum Gasteiger partial charge on any atom is -0.305 e. The van der Waals surface area contributed by atoms with E-state index in [2.05, 4.69) is 150 Å². The van der Waals surface area contributed by atoms with Crippen LogP contribution in [0.2, 0.25) is 0 Å². The molecular formula is C53H112F3N9. The second-order valence-corrected chi connectivity index (χ2v) is 23.1. The molecule has 7 aliphatic rings. The van der Waals surface area contributed by atoms with E-state index in [1.807, 2.05) is 13.8 Å². The molecule has 9 nitrogen and oxygen atoms in total. The Labute approximate surface area is 403 Å². The van der Waals surface area contributed by atoms with Crippen molar-refractivity contribution in [3.8, 4) is 0 Å². The molecule has 0 bridgehead atoms. The number of nitrogens with zero attached hydrogens (tertiary/aromatic N) is 9. The SMILES string of the molecule is CC(C)N1CC(C)(F)C1.CC(C)N1CCC(F)(F)C1.CC(C)N1CCC(N(C)C)C1.CC(C)N1CCC(N(C)C)C1.CC(C)N1CCC1.CC(C)N1CCCC1.CC(C)N1CCCCC1. The van der Waals surface area contributed by atoms with Crippen LogP contribution in [0.25, 0.3) is 0 Å². The van der Waals surface area contributed by atoms with E-state index in [4.69, 9.17) is 0 Å². The van der Waals surface area contributed by atoms with Gasteiger partial charge in [-0.25, -0.2) is 13.2 Å². The molecule has 7 aliphatic heterocycles. The lowest BCUT2D eigenvalue weighted by molar-refractivity contribution is -0.0359. The van der Waals surface area contributed by atoms with Gasteiger partial charge in [0, 0.05) is 107 Å². The first-order chi connectivity index (χ1) is 30.2. The van der Waals surface area contributed by atoms with E-state index in [0.717, 1.165) is 42.3 Å². The van der Waals surface area contributed by atoms with E-state index < -0.39 is 11.6 Å². The van der Waals surface area contributed by atoms with Gasteiger partial charge < -0.3 is 24.5 Å². The molecule has 12 heteroatoms. The average molecular weight is 933 g/mol. The predicted octanol–water partition coefficient (Wildman–Crippen LogP) is 9.71. The van der Waals surface area contributed by atoms with Crippen LogP contribution >= 0.6 is 0 Å². The summed E-state index contributed by atoms with van der Waals surface area (Å²) in [6, 6.07) is 6.12. The van der Waals surface area contributed by atoms with Gasteiger partial charge in [0.15, 0.2) is 0 Å². The standard InChI is InChI=1S/2C9H20N2.C8H17N.C7H13F2N.C7H14FN.C7H15N.C6H13N/c2*1-8(2)11-6-5-9(7-11)10(3)4;1-8(2)9-6-4-3-5-7-9;1-6(2)10-4-3-7(8,9)5-10;1-6(2)9-4-7(3,8)5-9;1-7(2)8-5-3-4-6-8;1-6(2)7-4-3-5-7/h2*8-9H,5-7H2,1-4H3;8H,3-7H2,1-2H3;6H,3-5H2,1-2H3;6H,4-5H2,1-3H3;7H,3-6H2,1-2H3;6H,3-5H2,1-2H3. The molecular weight excluding hydrogens is 820 g/mol. The molecule has 7 heterocycles. The Hall–Kier alpha value is -0.570. The largest absolute Gasteiger partial charge is 0.305 e. The third kappa shape index (κ3) is 26.3. The number of halogens is 3. The first-order valence-corrected chi connectivity index (χ1v) is 26.7. The summed E-state index contributed by atoms with van der Waals surface area (Å²) < 4.78 is 37.8. The lowest BCUT2D eigenvalue weighted by Crippen LogP contribution is -2.59. The molecule has 0 N–H and O–H groups in total. The fourth-order valence-electron chi connectivity index (χ4n) is 9.24. The van der Waals surface area contributed by atoms with E-state index in [1.165, 1.54) is 117 Å². The minimum absolute atomic E-state index is 0.0329. The quantitative estimate of drug-likeness (QED) is 0.224. The fourth-order valence-corrected chi connectivity index (χ4v) is 9.24. The van der Waals surface area contributed by atoms with Gasteiger partial charge >= 0.3 is 0 Å². The van der Waals surface area contributed by atoms with Crippen LogP contribution in [0.15, 0.2) is 0 Å². The Bertz CT molecular complexity index is 1100. The van der Waals surface area contributed by atoms with Gasteiger partial charge in [0.1, 0.15) is 5.67 Å². The van der Waals surface area contributed by atoms with Gasteiger partial charge in [0.2, 0.25) is 0 Å². The average Bonchev–Trinajstić information content (AvgIpc) is 4.02. The first kappa shape index (κ1) is 62.4. The molecule has 2 atom stereocenters. The maximum absolute atomic E-state index is 12.8. The van der Waals surface area contributed by atoms with Crippen LogP contribution in [0.3, 0.4) is 0 Å². The molecule has 0 spiro atoms. The summed E-state index contributed by atoms with van der Waals surface area (Å²) in [7, 11) is 8.70. The van der Waals surface area contributed by atoms with Crippen LogP contribution in [0, 0.1) is 0 Å². The highest BCUT2D eigenvalue weighted by molar-refractivity contribution is 4.93.